The van der Waals surface area contributed by atoms with E-state index in [1.165, 1.54) is 18.9 Å². The van der Waals surface area contributed by atoms with Crippen LogP contribution in [0, 0.1) is 0 Å². The van der Waals surface area contributed by atoms with Gasteiger partial charge in [-0.15, -0.1) is 11.8 Å². The summed E-state index contributed by atoms with van der Waals surface area (Å²) < 4.78 is 9.65. The summed E-state index contributed by atoms with van der Waals surface area (Å²) in [5.41, 5.74) is 1.14. The highest BCUT2D eigenvalue weighted by molar-refractivity contribution is 7.99. The normalized spacial score (nSPS) is 9.73. The van der Waals surface area contributed by atoms with E-state index in [1.54, 1.807) is 7.11 Å². The Kier molecular flexibility index (Phi) is 5.04. The van der Waals surface area contributed by atoms with Crippen molar-refractivity contribution in [1.29, 1.82) is 0 Å². The van der Waals surface area contributed by atoms with E-state index in [1.807, 2.05) is 24.3 Å². The van der Waals surface area contributed by atoms with Crippen LogP contribution in [0.4, 0.5) is 0 Å². The fourth-order valence-electron chi connectivity index (χ4n) is 1.07. The number of rotatable bonds is 5. The Hall–Kier alpha value is -1.16. The average Bonchev–Trinajstić information content (AvgIpc) is 2.29. The SMILES string of the molecule is COC(=O)CSCc1cccc(OC)c1. The molecule has 0 amide bonds. The fraction of sp³-hybridized carbons (Fsp3) is 0.364. The van der Waals surface area contributed by atoms with Gasteiger partial charge in [0.25, 0.3) is 0 Å². The number of methoxy groups -OCH3 is 2. The summed E-state index contributed by atoms with van der Waals surface area (Å²) in [6.07, 6.45) is 0. The van der Waals surface area contributed by atoms with Crippen molar-refractivity contribution in [1.82, 2.24) is 0 Å². The summed E-state index contributed by atoms with van der Waals surface area (Å²) >= 11 is 1.53. The topological polar surface area (TPSA) is 35.5 Å². The smallest absolute Gasteiger partial charge is 0.315 e. The van der Waals surface area contributed by atoms with Crippen LogP contribution in [-0.4, -0.2) is 25.9 Å². The molecule has 0 saturated heterocycles. The number of esters is 1. The van der Waals surface area contributed by atoms with E-state index in [0.717, 1.165) is 17.1 Å². The Morgan fingerprint density at radius 3 is 2.87 bits per heavy atom. The molecule has 0 aliphatic heterocycles. The number of hydrogen-bond donors (Lipinski definition) is 0. The highest BCUT2D eigenvalue weighted by atomic mass is 32.2. The summed E-state index contributed by atoms with van der Waals surface area (Å²) in [6, 6.07) is 7.80. The molecule has 0 aromatic heterocycles. The van der Waals surface area contributed by atoms with Crippen molar-refractivity contribution in [3.63, 3.8) is 0 Å². The lowest BCUT2D eigenvalue weighted by Crippen LogP contribution is -2.03. The number of carbonyl (C=O) groups is 1. The van der Waals surface area contributed by atoms with Crippen LogP contribution in [0.2, 0.25) is 0 Å². The molecule has 0 fully saturated rings. The highest BCUT2D eigenvalue weighted by Gasteiger charge is 2.01. The molecule has 15 heavy (non-hydrogen) atoms. The number of thioether (sulfide) groups is 1. The van der Waals surface area contributed by atoms with Gasteiger partial charge in [0.05, 0.1) is 20.0 Å². The van der Waals surface area contributed by atoms with Crippen molar-refractivity contribution in [3.8, 4) is 5.75 Å². The first-order chi connectivity index (χ1) is 7.26. The zero-order chi connectivity index (χ0) is 11.1. The minimum absolute atomic E-state index is 0.192. The van der Waals surface area contributed by atoms with Crippen LogP contribution < -0.4 is 4.74 Å². The summed E-state index contributed by atoms with van der Waals surface area (Å²) in [7, 11) is 3.04. The lowest BCUT2D eigenvalue weighted by molar-refractivity contribution is -0.137. The third-order valence-corrected chi connectivity index (χ3v) is 2.83. The third kappa shape index (κ3) is 4.25. The molecule has 1 rings (SSSR count). The van der Waals surface area contributed by atoms with E-state index in [0.29, 0.717) is 5.75 Å². The highest BCUT2D eigenvalue weighted by Crippen LogP contribution is 2.17. The molecule has 0 bridgehead atoms. The van der Waals surface area contributed by atoms with Crippen LogP contribution in [0.5, 0.6) is 5.75 Å². The largest absolute Gasteiger partial charge is 0.497 e. The fourth-order valence-corrected chi connectivity index (χ4v) is 1.88. The second-order valence-corrected chi connectivity index (χ2v) is 3.91. The summed E-state index contributed by atoms with van der Waals surface area (Å²) in [4.78, 5) is 10.9. The van der Waals surface area contributed by atoms with Gasteiger partial charge in [0.15, 0.2) is 0 Å². The summed E-state index contributed by atoms with van der Waals surface area (Å²) in [5, 5.41) is 0. The Morgan fingerprint density at radius 2 is 2.20 bits per heavy atom. The van der Waals surface area contributed by atoms with E-state index < -0.39 is 0 Å². The maximum atomic E-state index is 10.9. The van der Waals surface area contributed by atoms with E-state index in [2.05, 4.69) is 4.74 Å². The van der Waals surface area contributed by atoms with Crippen LogP contribution in [0.1, 0.15) is 5.56 Å². The van der Waals surface area contributed by atoms with Gasteiger partial charge in [-0.05, 0) is 17.7 Å². The summed E-state index contributed by atoms with van der Waals surface area (Å²) in [5.74, 6) is 1.81. The first-order valence-corrected chi connectivity index (χ1v) is 5.69. The molecule has 0 atom stereocenters. The van der Waals surface area contributed by atoms with Gasteiger partial charge in [0.2, 0.25) is 0 Å². The van der Waals surface area contributed by atoms with Crippen molar-refractivity contribution >= 4 is 17.7 Å². The maximum absolute atomic E-state index is 10.9. The second-order valence-electron chi connectivity index (χ2n) is 2.92. The molecular weight excluding hydrogens is 212 g/mol. The van der Waals surface area contributed by atoms with Gasteiger partial charge in [-0.2, -0.15) is 0 Å². The van der Waals surface area contributed by atoms with Gasteiger partial charge >= 0.3 is 5.97 Å². The molecule has 0 aliphatic carbocycles. The molecule has 1 aromatic carbocycles. The predicted octanol–water partition coefficient (Wildman–Crippen LogP) is 2.10. The summed E-state index contributed by atoms with van der Waals surface area (Å²) in [6.45, 7) is 0. The first kappa shape index (κ1) is 11.9. The Morgan fingerprint density at radius 1 is 1.40 bits per heavy atom. The standard InChI is InChI=1S/C11H14O3S/c1-13-10-5-3-4-9(6-10)7-15-8-11(12)14-2/h3-6H,7-8H2,1-2H3. The Bertz CT molecular complexity index is 325. The molecule has 0 aliphatic rings. The zero-order valence-corrected chi connectivity index (χ0v) is 9.67. The van der Waals surface area contributed by atoms with E-state index >= 15 is 0 Å². The van der Waals surface area contributed by atoms with E-state index in [-0.39, 0.29) is 5.97 Å². The van der Waals surface area contributed by atoms with Crippen molar-refractivity contribution in [2.45, 2.75) is 5.75 Å². The molecule has 0 heterocycles. The van der Waals surface area contributed by atoms with Gasteiger partial charge < -0.3 is 9.47 Å². The number of carbonyl (C=O) groups excluding carboxylic acids is 1. The quantitative estimate of drug-likeness (QED) is 0.720. The van der Waals surface area contributed by atoms with Crippen LogP contribution in [0.25, 0.3) is 0 Å². The Labute approximate surface area is 93.8 Å². The lowest BCUT2D eigenvalue weighted by Gasteiger charge is -2.03. The van der Waals surface area contributed by atoms with Gasteiger partial charge in [-0.3, -0.25) is 4.79 Å². The molecule has 82 valence electrons. The van der Waals surface area contributed by atoms with Gasteiger partial charge in [-0.25, -0.2) is 0 Å². The Balaban J connectivity index is 2.40. The first-order valence-electron chi connectivity index (χ1n) is 4.53. The molecular formula is C11H14O3S. The van der Waals surface area contributed by atoms with Crippen molar-refractivity contribution < 1.29 is 14.3 Å². The molecule has 4 heteroatoms. The van der Waals surface area contributed by atoms with Crippen molar-refractivity contribution in [2.75, 3.05) is 20.0 Å². The predicted molar refractivity (Wildman–Crippen MR) is 61.2 cm³/mol. The van der Waals surface area contributed by atoms with Gasteiger partial charge in [0.1, 0.15) is 5.75 Å². The van der Waals surface area contributed by atoms with Crippen LogP contribution in [0.3, 0.4) is 0 Å². The molecule has 1 aromatic rings. The number of hydrogen-bond acceptors (Lipinski definition) is 4. The maximum Gasteiger partial charge on any atom is 0.315 e. The molecule has 0 spiro atoms. The zero-order valence-electron chi connectivity index (χ0n) is 8.86. The van der Waals surface area contributed by atoms with Crippen molar-refractivity contribution in [2.24, 2.45) is 0 Å². The van der Waals surface area contributed by atoms with Crippen LogP contribution >= 0.6 is 11.8 Å². The monoisotopic (exact) mass is 226 g/mol. The van der Waals surface area contributed by atoms with Crippen LogP contribution in [-0.2, 0) is 15.3 Å². The third-order valence-electron chi connectivity index (χ3n) is 1.85. The lowest BCUT2D eigenvalue weighted by atomic mass is 10.2. The number of benzene rings is 1. The van der Waals surface area contributed by atoms with Gasteiger partial charge in [0, 0.05) is 5.75 Å². The van der Waals surface area contributed by atoms with E-state index in [4.69, 9.17) is 4.74 Å². The van der Waals surface area contributed by atoms with Crippen molar-refractivity contribution in [3.05, 3.63) is 29.8 Å². The van der Waals surface area contributed by atoms with E-state index in [9.17, 15) is 4.79 Å². The van der Waals surface area contributed by atoms with Crippen LogP contribution in [0.15, 0.2) is 24.3 Å². The minimum atomic E-state index is -0.192. The number of ether oxygens (including phenoxy) is 2. The van der Waals surface area contributed by atoms with Gasteiger partial charge in [-0.1, -0.05) is 12.1 Å². The average molecular weight is 226 g/mol. The minimum Gasteiger partial charge on any atom is -0.497 e. The molecule has 0 N–H and O–H groups in total. The molecule has 3 nitrogen and oxygen atoms in total. The molecule has 0 radical (unpaired) electrons. The molecule has 0 saturated carbocycles. The second kappa shape index (κ2) is 6.35. The molecule has 0 unspecified atom stereocenters.